The number of ether oxygens (including phenoxy) is 1. The van der Waals surface area contributed by atoms with Crippen molar-refractivity contribution < 1.29 is 9.94 Å². The number of hydrogen-bond donors (Lipinski definition) is 1. The minimum absolute atomic E-state index is 0.120. The summed E-state index contributed by atoms with van der Waals surface area (Å²) >= 11 is 0. The number of nitrogens with zero attached hydrogens (tertiary/aromatic N) is 4. The zero-order valence-corrected chi connectivity index (χ0v) is 7.45. The highest BCUT2D eigenvalue weighted by molar-refractivity contribution is 6.01. The number of azide groups is 1. The van der Waals surface area contributed by atoms with Gasteiger partial charge in [-0.25, -0.2) is 0 Å². The second-order valence-corrected chi connectivity index (χ2v) is 2.31. The second kappa shape index (κ2) is 4.74. The zero-order valence-electron chi connectivity index (χ0n) is 7.45. The Labute approximate surface area is 80.1 Å². The SMILES string of the molecule is COc1ccccc1/C(N=[N+]=[N-])=N/O. The van der Waals surface area contributed by atoms with E-state index in [2.05, 4.69) is 15.2 Å². The van der Waals surface area contributed by atoms with E-state index in [1.807, 2.05) is 0 Å². The second-order valence-electron chi connectivity index (χ2n) is 2.31. The van der Waals surface area contributed by atoms with Crippen molar-refractivity contribution in [2.45, 2.75) is 0 Å². The third-order valence-electron chi connectivity index (χ3n) is 1.58. The molecule has 6 nitrogen and oxygen atoms in total. The van der Waals surface area contributed by atoms with Gasteiger partial charge in [-0.3, -0.25) is 0 Å². The fourth-order valence-electron chi connectivity index (χ4n) is 0.999. The average Bonchev–Trinajstić information content (AvgIpc) is 2.26. The summed E-state index contributed by atoms with van der Waals surface area (Å²) in [6.45, 7) is 0. The summed E-state index contributed by atoms with van der Waals surface area (Å²) in [6.07, 6.45) is 0. The lowest BCUT2D eigenvalue weighted by Gasteiger charge is -2.05. The standard InChI is InChI=1S/C8H8N4O2/c1-14-7-5-3-2-4-6(7)8(11-13)10-12-9/h2-5,13H,1H3/b11-8-. The molecular weight excluding hydrogens is 184 g/mol. The summed E-state index contributed by atoms with van der Waals surface area (Å²) in [6, 6.07) is 6.78. The molecular formula is C8H8N4O2. The highest BCUT2D eigenvalue weighted by Crippen LogP contribution is 2.18. The third-order valence-corrected chi connectivity index (χ3v) is 1.58. The fourth-order valence-corrected chi connectivity index (χ4v) is 0.999. The first-order chi connectivity index (χ1) is 6.83. The van der Waals surface area contributed by atoms with Crippen LogP contribution in [0.25, 0.3) is 10.4 Å². The Kier molecular flexibility index (Phi) is 3.34. The molecule has 1 N–H and O–H groups in total. The fraction of sp³-hybridized carbons (Fsp3) is 0.125. The molecule has 0 spiro atoms. The first kappa shape index (κ1) is 9.88. The maximum absolute atomic E-state index is 8.60. The monoisotopic (exact) mass is 192 g/mol. The molecule has 0 saturated heterocycles. The van der Waals surface area contributed by atoms with Crippen LogP contribution in [0, 0.1) is 0 Å². The van der Waals surface area contributed by atoms with Gasteiger partial charge in [0.25, 0.3) is 0 Å². The Hall–Kier alpha value is -2.20. The van der Waals surface area contributed by atoms with E-state index in [1.165, 1.54) is 7.11 Å². The predicted molar refractivity (Wildman–Crippen MR) is 50.5 cm³/mol. The number of rotatable bonds is 2. The molecule has 72 valence electrons. The maximum Gasteiger partial charge on any atom is 0.176 e. The van der Waals surface area contributed by atoms with E-state index in [0.717, 1.165) is 0 Å². The van der Waals surface area contributed by atoms with Gasteiger partial charge in [0.15, 0.2) is 5.84 Å². The smallest absolute Gasteiger partial charge is 0.176 e. The molecule has 0 saturated carbocycles. The lowest BCUT2D eigenvalue weighted by Crippen LogP contribution is -1.99. The Bertz CT molecular complexity index is 396. The van der Waals surface area contributed by atoms with Crippen molar-refractivity contribution in [3.63, 3.8) is 0 Å². The van der Waals surface area contributed by atoms with Gasteiger partial charge in [0, 0.05) is 10.5 Å². The minimum Gasteiger partial charge on any atom is -0.496 e. The number of oxime groups is 1. The van der Waals surface area contributed by atoms with Crippen molar-refractivity contribution in [3.05, 3.63) is 40.3 Å². The molecule has 0 aliphatic heterocycles. The molecule has 1 rings (SSSR count). The van der Waals surface area contributed by atoms with Crippen LogP contribution in [0.15, 0.2) is 34.5 Å². The lowest BCUT2D eigenvalue weighted by atomic mass is 10.2. The Morgan fingerprint density at radius 3 is 2.79 bits per heavy atom. The summed E-state index contributed by atoms with van der Waals surface area (Å²) in [5.41, 5.74) is 8.66. The number of para-hydroxylation sites is 1. The van der Waals surface area contributed by atoms with Crippen LogP contribution in [0.4, 0.5) is 0 Å². The van der Waals surface area contributed by atoms with Crippen molar-refractivity contribution in [2.24, 2.45) is 10.3 Å². The highest BCUT2D eigenvalue weighted by atomic mass is 16.5. The van der Waals surface area contributed by atoms with Gasteiger partial charge < -0.3 is 9.94 Å². The maximum atomic E-state index is 8.60. The molecule has 0 aromatic heterocycles. The van der Waals surface area contributed by atoms with E-state index in [-0.39, 0.29) is 5.84 Å². The van der Waals surface area contributed by atoms with Gasteiger partial charge in [-0.2, -0.15) is 0 Å². The van der Waals surface area contributed by atoms with Crippen LogP contribution < -0.4 is 4.74 Å². The van der Waals surface area contributed by atoms with Gasteiger partial charge in [0.2, 0.25) is 0 Å². The highest BCUT2D eigenvalue weighted by Gasteiger charge is 2.07. The van der Waals surface area contributed by atoms with Crippen molar-refractivity contribution in [1.82, 2.24) is 0 Å². The van der Waals surface area contributed by atoms with Gasteiger partial charge in [-0.05, 0) is 22.8 Å². The molecule has 14 heavy (non-hydrogen) atoms. The van der Waals surface area contributed by atoms with Crippen molar-refractivity contribution in [2.75, 3.05) is 7.11 Å². The molecule has 0 atom stereocenters. The first-order valence-electron chi connectivity index (χ1n) is 3.74. The van der Waals surface area contributed by atoms with E-state index in [4.69, 9.17) is 15.5 Å². The van der Waals surface area contributed by atoms with Crippen molar-refractivity contribution in [1.29, 1.82) is 0 Å². The summed E-state index contributed by atoms with van der Waals surface area (Å²) in [7, 11) is 1.48. The van der Waals surface area contributed by atoms with Crippen LogP contribution in [0.2, 0.25) is 0 Å². The van der Waals surface area contributed by atoms with Crippen LogP contribution in [0.5, 0.6) is 5.75 Å². The summed E-state index contributed by atoms with van der Waals surface area (Å²) < 4.78 is 5.00. The largest absolute Gasteiger partial charge is 0.496 e. The van der Waals surface area contributed by atoms with Gasteiger partial charge in [0.05, 0.1) is 7.11 Å². The van der Waals surface area contributed by atoms with E-state index in [9.17, 15) is 0 Å². The zero-order chi connectivity index (χ0) is 10.4. The van der Waals surface area contributed by atoms with Gasteiger partial charge in [-0.15, -0.1) is 0 Å². The number of methoxy groups -OCH3 is 1. The van der Waals surface area contributed by atoms with Gasteiger partial charge >= 0.3 is 0 Å². The molecule has 0 bridgehead atoms. The van der Waals surface area contributed by atoms with Crippen LogP contribution in [0.1, 0.15) is 5.56 Å². The summed E-state index contributed by atoms with van der Waals surface area (Å²) in [5, 5.41) is 14.7. The average molecular weight is 192 g/mol. The quantitative estimate of drug-likeness (QED) is 0.148. The number of amidine groups is 1. The normalized spacial score (nSPS) is 10.5. The molecule has 0 unspecified atom stereocenters. The molecule has 6 heteroatoms. The Morgan fingerprint density at radius 1 is 1.50 bits per heavy atom. The first-order valence-corrected chi connectivity index (χ1v) is 3.74. The van der Waals surface area contributed by atoms with Crippen LogP contribution in [-0.2, 0) is 0 Å². The number of benzene rings is 1. The van der Waals surface area contributed by atoms with Gasteiger partial charge in [-0.1, -0.05) is 17.3 Å². The molecule has 1 aromatic carbocycles. The molecule has 0 amide bonds. The third kappa shape index (κ3) is 1.94. The topological polar surface area (TPSA) is 90.6 Å². The summed E-state index contributed by atoms with van der Waals surface area (Å²) in [4.78, 5) is 2.54. The Morgan fingerprint density at radius 2 is 2.21 bits per heavy atom. The predicted octanol–water partition coefficient (Wildman–Crippen LogP) is 2.14. The van der Waals surface area contributed by atoms with Crippen LogP contribution in [0.3, 0.4) is 0 Å². The number of hydrogen-bond acceptors (Lipinski definition) is 3. The van der Waals surface area contributed by atoms with Crippen molar-refractivity contribution in [3.8, 4) is 5.75 Å². The summed E-state index contributed by atoms with van der Waals surface area (Å²) in [5.74, 6) is 0.359. The van der Waals surface area contributed by atoms with Gasteiger partial charge in [0.1, 0.15) is 5.75 Å². The molecule has 0 aliphatic carbocycles. The van der Waals surface area contributed by atoms with Crippen molar-refractivity contribution >= 4 is 5.84 Å². The van der Waals surface area contributed by atoms with Crippen LogP contribution >= 0.6 is 0 Å². The molecule has 0 heterocycles. The van der Waals surface area contributed by atoms with E-state index in [0.29, 0.717) is 11.3 Å². The van der Waals surface area contributed by atoms with E-state index in [1.54, 1.807) is 24.3 Å². The minimum atomic E-state index is -0.120. The van der Waals surface area contributed by atoms with E-state index >= 15 is 0 Å². The Balaban J connectivity index is 3.22. The molecule has 1 aromatic rings. The molecule has 0 aliphatic rings. The van der Waals surface area contributed by atoms with E-state index < -0.39 is 0 Å². The van der Waals surface area contributed by atoms with Crippen LogP contribution in [-0.4, -0.2) is 18.2 Å². The lowest BCUT2D eigenvalue weighted by molar-refractivity contribution is 0.318. The molecule has 0 radical (unpaired) electrons. The molecule has 0 fully saturated rings.